The molecule has 11 rings (SSSR count). The SMILES string of the molecule is c1ccc(-c2cc(N(c3ccc(-c4ccc5ccccc5c4)cc3)c3ccccc3-c3ccccc3)ccc2-c2ccc3ccc4c5ccccc5ccc4c3c2)cc1. The summed E-state index contributed by atoms with van der Waals surface area (Å²) in [6, 6.07) is 86.3. The van der Waals surface area contributed by atoms with Gasteiger partial charge in [0.05, 0.1) is 5.69 Å². The van der Waals surface area contributed by atoms with Crippen LogP contribution in [0.15, 0.2) is 237 Å². The molecule has 0 N–H and O–H groups in total. The van der Waals surface area contributed by atoms with E-state index in [0.717, 1.165) is 17.1 Å². The predicted octanol–water partition coefficient (Wildman–Crippen LogP) is 16.4. The van der Waals surface area contributed by atoms with Crippen molar-refractivity contribution in [3.05, 3.63) is 237 Å². The maximum absolute atomic E-state index is 2.42. The molecule has 0 radical (unpaired) electrons. The van der Waals surface area contributed by atoms with Crippen molar-refractivity contribution in [2.45, 2.75) is 0 Å². The van der Waals surface area contributed by atoms with Gasteiger partial charge in [-0.3, -0.25) is 0 Å². The summed E-state index contributed by atoms with van der Waals surface area (Å²) in [6.45, 7) is 0. The lowest BCUT2D eigenvalue weighted by Crippen LogP contribution is -2.11. The maximum atomic E-state index is 2.42. The van der Waals surface area contributed by atoms with Crippen molar-refractivity contribution in [2.24, 2.45) is 0 Å². The molecule has 0 atom stereocenters. The van der Waals surface area contributed by atoms with E-state index in [1.807, 2.05) is 0 Å². The van der Waals surface area contributed by atoms with Crippen LogP contribution < -0.4 is 4.90 Å². The fourth-order valence-corrected chi connectivity index (χ4v) is 8.89. The Balaban J connectivity index is 1.09. The molecular formula is C58H39N. The Bertz CT molecular complexity index is 3310. The number of rotatable bonds is 7. The van der Waals surface area contributed by atoms with Gasteiger partial charge in [0.25, 0.3) is 0 Å². The lowest BCUT2D eigenvalue weighted by atomic mass is 9.90. The van der Waals surface area contributed by atoms with Crippen molar-refractivity contribution in [3.63, 3.8) is 0 Å². The second-order valence-electron chi connectivity index (χ2n) is 15.3. The van der Waals surface area contributed by atoms with E-state index in [2.05, 4.69) is 241 Å². The van der Waals surface area contributed by atoms with Gasteiger partial charge in [0.1, 0.15) is 0 Å². The summed E-state index contributed by atoms with van der Waals surface area (Å²) in [5.74, 6) is 0. The summed E-state index contributed by atoms with van der Waals surface area (Å²) in [5, 5.41) is 10.1. The summed E-state index contributed by atoms with van der Waals surface area (Å²) in [4.78, 5) is 2.42. The molecule has 0 aliphatic heterocycles. The molecule has 0 bridgehead atoms. The fraction of sp³-hybridized carbons (Fsp3) is 0. The van der Waals surface area contributed by atoms with E-state index >= 15 is 0 Å². The van der Waals surface area contributed by atoms with Gasteiger partial charge < -0.3 is 4.90 Å². The monoisotopic (exact) mass is 749 g/mol. The number of hydrogen-bond acceptors (Lipinski definition) is 1. The van der Waals surface area contributed by atoms with Crippen molar-refractivity contribution in [3.8, 4) is 44.5 Å². The van der Waals surface area contributed by atoms with Crippen LogP contribution in [0, 0.1) is 0 Å². The summed E-state index contributed by atoms with van der Waals surface area (Å²) in [6.07, 6.45) is 0. The van der Waals surface area contributed by atoms with Crippen LogP contribution in [0.4, 0.5) is 17.1 Å². The topological polar surface area (TPSA) is 3.24 Å². The molecule has 0 saturated carbocycles. The summed E-state index contributed by atoms with van der Waals surface area (Å²) < 4.78 is 0. The standard InChI is InChI=1S/C58H39N/c1-3-14-42(15-4-1)53-21-11-12-22-58(53)59(49-31-27-41(28-32-49)47-25-23-40-13-7-8-19-46(40)37-47)50-33-36-52(57(39-50)43-16-5-2-6-17-43)48-26-24-45-30-34-54-51-20-10-9-18-44(51)29-35-55(54)56(45)38-48/h1-39H. The number of benzene rings is 11. The lowest BCUT2D eigenvalue weighted by molar-refractivity contribution is 1.28. The Morgan fingerprint density at radius 1 is 0.220 bits per heavy atom. The summed E-state index contributed by atoms with van der Waals surface area (Å²) >= 11 is 0. The smallest absolute Gasteiger partial charge is 0.0540 e. The Morgan fingerprint density at radius 3 is 1.54 bits per heavy atom. The number of fused-ring (bicyclic) bond motifs is 6. The minimum absolute atomic E-state index is 1.09. The quantitative estimate of drug-likeness (QED) is 0.147. The third-order valence-electron chi connectivity index (χ3n) is 11.8. The first-order valence-electron chi connectivity index (χ1n) is 20.3. The van der Waals surface area contributed by atoms with Crippen LogP contribution in [0.25, 0.3) is 87.6 Å². The van der Waals surface area contributed by atoms with Crippen molar-refractivity contribution in [1.29, 1.82) is 0 Å². The van der Waals surface area contributed by atoms with Crippen molar-refractivity contribution >= 4 is 60.2 Å². The highest BCUT2D eigenvalue weighted by molar-refractivity contribution is 6.18. The molecule has 0 aromatic heterocycles. The normalized spacial score (nSPS) is 11.4. The lowest BCUT2D eigenvalue weighted by Gasteiger charge is -2.29. The molecule has 59 heavy (non-hydrogen) atoms. The molecule has 0 saturated heterocycles. The van der Waals surface area contributed by atoms with Crippen LogP contribution in [-0.4, -0.2) is 0 Å². The second-order valence-corrected chi connectivity index (χ2v) is 15.3. The van der Waals surface area contributed by atoms with E-state index in [9.17, 15) is 0 Å². The molecule has 0 aliphatic rings. The average Bonchev–Trinajstić information content (AvgIpc) is 3.32. The van der Waals surface area contributed by atoms with Gasteiger partial charge in [-0.1, -0.05) is 194 Å². The molecular weight excluding hydrogens is 711 g/mol. The number of para-hydroxylation sites is 1. The molecule has 1 heteroatoms. The molecule has 0 fully saturated rings. The van der Waals surface area contributed by atoms with Crippen molar-refractivity contribution in [1.82, 2.24) is 0 Å². The molecule has 0 aliphatic carbocycles. The fourth-order valence-electron chi connectivity index (χ4n) is 8.89. The van der Waals surface area contributed by atoms with Gasteiger partial charge in [-0.2, -0.15) is 0 Å². The van der Waals surface area contributed by atoms with Gasteiger partial charge in [-0.05, 0) is 124 Å². The van der Waals surface area contributed by atoms with Crippen LogP contribution in [0.3, 0.4) is 0 Å². The Kier molecular flexibility index (Phi) is 8.56. The van der Waals surface area contributed by atoms with Crippen molar-refractivity contribution < 1.29 is 0 Å². The molecule has 11 aromatic rings. The van der Waals surface area contributed by atoms with Gasteiger partial charge >= 0.3 is 0 Å². The highest BCUT2D eigenvalue weighted by Gasteiger charge is 2.20. The molecule has 0 amide bonds. The Morgan fingerprint density at radius 2 is 0.763 bits per heavy atom. The van der Waals surface area contributed by atoms with Crippen molar-refractivity contribution in [2.75, 3.05) is 4.90 Å². The zero-order valence-corrected chi connectivity index (χ0v) is 32.5. The second kappa shape index (κ2) is 14.6. The third kappa shape index (κ3) is 6.30. The summed E-state index contributed by atoms with van der Waals surface area (Å²) in [5.41, 5.74) is 12.8. The van der Waals surface area contributed by atoms with Gasteiger partial charge in [0.15, 0.2) is 0 Å². The molecule has 0 heterocycles. The minimum Gasteiger partial charge on any atom is -0.310 e. The maximum Gasteiger partial charge on any atom is 0.0540 e. The first-order chi connectivity index (χ1) is 29.2. The average molecular weight is 750 g/mol. The van der Waals surface area contributed by atoms with Crippen LogP contribution >= 0.6 is 0 Å². The zero-order valence-electron chi connectivity index (χ0n) is 32.5. The van der Waals surface area contributed by atoms with E-state index in [0.29, 0.717) is 0 Å². The van der Waals surface area contributed by atoms with Crippen LogP contribution in [0.2, 0.25) is 0 Å². The molecule has 276 valence electrons. The summed E-state index contributed by atoms with van der Waals surface area (Å²) in [7, 11) is 0. The predicted molar refractivity (Wildman–Crippen MR) is 253 cm³/mol. The van der Waals surface area contributed by atoms with Crippen LogP contribution in [0.5, 0.6) is 0 Å². The van der Waals surface area contributed by atoms with Crippen LogP contribution in [0.1, 0.15) is 0 Å². The Labute approximate surface area is 344 Å². The molecule has 0 spiro atoms. The van der Waals surface area contributed by atoms with Gasteiger partial charge in [0, 0.05) is 16.9 Å². The molecule has 0 unspecified atom stereocenters. The Hall–Kier alpha value is -7.74. The van der Waals surface area contributed by atoms with Gasteiger partial charge in [-0.15, -0.1) is 0 Å². The molecule has 1 nitrogen and oxygen atoms in total. The highest BCUT2D eigenvalue weighted by atomic mass is 15.1. The largest absolute Gasteiger partial charge is 0.310 e. The first-order valence-corrected chi connectivity index (χ1v) is 20.3. The third-order valence-corrected chi connectivity index (χ3v) is 11.8. The van der Waals surface area contributed by atoms with E-state index in [4.69, 9.17) is 0 Å². The zero-order chi connectivity index (χ0) is 39.1. The van der Waals surface area contributed by atoms with E-state index in [1.165, 1.54) is 87.6 Å². The number of nitrogens with zero attached hydrogens (tertiary/aromatic N) is 1. The number of anilines is 3. The van der Waals surface area contributed by atoms with Crippen LogP contribution in [-0.2, 0) is 0 Å². The highest BCUT2D eigenvalue weighted by Crippen LogP contribution is 2.45. The molecule has 11 aromatic carbocycles. The minimum atomic E-state index is 1.09. The number of hydrogen-bond donors (Lipinski definition) is 0. The van der Waals surface area contributed by atoms with Gasteiger partial charge in [0.2, 0.25) is 0 Å². The van der Waals surface area contributed by atoms with E-state index < -0.39 is 0 Å². The first kappa shape index (κ1) is 34.5. The van der Waals surface area contributed by atoms with Gasteiger partial charge in [-0.25, -0.2) is 0 Å². The van der Waals surface area contributed by atoms with E-state index in [-0.39, 0.29) is 0 Å². The van der Waals surface area contributed by atoms with E-state index in [1.54, 1.807) is 0 Å².